The Labute approximate surface area is 185 Å². The van der Waals surface area contributed by atoms with Crippen LogP contribution in [0.2, 0.25) is 0 Å². The number of ether oxygens (including phenoxy) is 1. The number of nitrogens with zero attached hydrogens (tertiary/aromatic N) is 4. The molecule has 0 spiro atoms. The molecule has 2 heterocycles. The number of amides is 3. The van der Waals surface area contributed by atoms with Gasteiger partial charge >= 0.3 is 5.97 Å². The molecule has 2 aliphatic rings. The zero-order valence-electron chi connectivity index (χ0n) is 17.2. The summed E-state index contributed by atoms with van der Waals surface area (Å²) in [5.74, 6) is -5.13. The molecule has 3 amide bonds. The van der Waals surface area contributed by atoms with E-state index in [-0.39, 0.29) is 23.5 Å². The average molecular weight is 457 g/mol. The van der Waals surface area contributed by atoms with Gasteiger partial charge in [0.05, 0.1) is 23.5 Å². The highest BCUT2D eigenvalue weighted by Crippen LogP contribution is 2.32. The number of halogens is 2. The average Bonchev–Trinajstić information content (AvgIpc) is 3.30. The van der Waals surface area contributed by atoms with E-state index in [1.165, 1.54) is 12.1 Å². The molecule has 0 saturated carbocycles. The molecule has 1 fully saturated rings. The van der Waals surface area contributed by atoms with Crippen molar-refractivity contribution in [2.45, 2.75) is 19.0 Å². The van der Waals surface area contributed by atoms with Crippen LogP contribution in [0, 0.1) is 11.6 Å². The molecule has 12 heteroatoms. The molecule has 2 aromatic carbocycles. The number of imide groups is 1. The van der Waals surface area contributed by atoms with Crippen molar-refractivity contribution in [1.82, 2.24) is 5.01 Å². The van der Waals surface area contributed by atoms with Crippen LogP contribution in [0.5, 0.6) is 0 Å². The number of anilines is 2. The van der Waals surface area contributed by atoms with E-state index in [4.69, 9.17) is 4.74 Å². The van der Waals surface area contributed by atoms with Crippen LogP contribution in [0.25, 0.3) is 0 Å². The number of para-hydroxylation sites is 1. The summed E-state index contributed by atoms with van der Waals surface area (Å²) in [6.07, 6.45) is 0. The highest BCUT2D eigenvalue weighted by atomic mass is 19.2. The lowest BCUT2D eigenvalue weighted by Crippen LogP contribution is -2.43. The topological polar surface area (TPSA) is 121 Å². The maximum Gasteiger partial charge on any atom is 0.340 e. The van der Waals surface area contributed by atoms with E-state index >= 15 is 0 Å². The van der Waals surface area contributed by atoms with Crippen molar-refractivity contribution in [2.75, 3.05) is 23.4 Å². The molecule has 10 nitrogen and oxygen atoms in total. The number of rotatable bonds is 6. The summed E-state index contributed by atoms with van der Waals surface area (Å²) in [6.45, 7) is 1.35. The Morgan fingerprint density at radius 3 is 2.58 bits per heavy atom. The van der Waals surface area contributed by atoms with E-state index in [0.717, 1.165) is 23.2 Å². The van der Waals surface area contributed by atoms with E-state index in [9.17, 15) is 28.0 Å². The molecule has 4 rings (SSSR count). The quantitative estimate of drug-likeness (QED) is 0.524. The lowest BCUT2D eigenvalue weighted by atomic mass is 10.1. The summed E-state index contributed by atoms with van der Waals surface area (Å²) >= 11 is 0. The number of hydrogen-bond acceptors (Lipinski definition) is 8. The fourth-order valence-electron chi connectivity index (χ4n) is 3.55. The van der Waals surface area contributed by atoms with Gasteiger partial charge < -0.3 is 10.1 Å². The van der Waals surface area contributed by atoms with Gasteiger partial charge in [0.2, 0.25) is 5.91 Å². The van der Waals surface area contributed by atoms with Crippen molar-refractivity contribution < 1.29 is 32.7 Å². The second kappa shape index (κ2) is 8.73. The molecule has 0 radical (unpaired) electrons. The number of esters is 1. The summed E-state index contributed by atoms with van der Waals surface area (Å²) in [5.41, 5.74) is 0.192. The van der Waals surface area contributed by atoms with Crippen molar-refractivity contribution in [3.8, 4) is 0 Å². The number of hydrogen-bond donors (Lipinski definition) is 1. The maximum atomic E-state index is 13.6. The molecule has 170 valence electrons. The molecule has 0 aromatic heterocycles. The first kappa shape index (κ1) is 22.0. The second-order valence-electron chi connectivity index (χ2n) is 7.12. The third kappa shape index (κ3) is 4.02. The highest BCUT2D eigenvalue weighted by molar-refractivity contribution is 6.25. The van der Waals surface area contributed by atoms with Gasteiger partial charge in [-0.25, -0.2) is 18.5 Å². The Kier molecular flexibility index (Phi) is 5.82. The Morgan fingerprint density at radius 1 is 1.09 bits per heavy atom. The normalized spacial score (nSPS) is 19.1. The SMILES string of the molecule is CCOC(=O)c1ccccc1NC(=O)CN1N=N[C@H]2C(=O)N(c3ccc(F)c(F)c3)C(=O)[C@H]21. The van der Waals surface area contributed by atoms with E-state index in [0.29, 0.717) is 4.90 Å². The summed E-state index contributed by atoms with van der Waals surface area (Å²) < 4.78 is 31.8. The zero-order chi connectivity index (χ0) is 23.7. The molecule has 2 atom stereocenters. The minimum absolute atomic E-state index is 0.144. The molecule has 0 unspecified atom stereocenters. The Bertz CT molecular complexity index is 1190. The van der Waals surface area contributed by atoms with Crippen LogP contribution in [0.3, 0.4) is 0 Å². The summed E-state index contributed by atoms with van der Waals surface area (Å²) in [4.78, 5) is 50.9. The minimum atomic E-state index is -1.22. The molecule has 33 heavy (non-hydrogen) atoms. The first-order valence-corrected chi connectivity index (χ1v) is 9.88. The molecule has 1 saturated heterocycles. The molecule has 2 aliphatic heterocycles. The van der Waals surface area contributed by atoms with Crippen LogP contribution in [0.4, 0.5) is 20.2 Å². The lowest BCUT2D eigenvalue weighted by Gasteiger charge is -2.20. The van der Waals surface area contributed by atoms with E-state index in [2.05, 4.69) is 15.7 Å². The molecular formula is C21H17F2N5O5. The van der Waals surface area contributed by atoms with Crippen molar-refractivity contribution in [1.29, 1.82) is 0 Å². The predicted molar refractivity (Wildman–Crippen MR) is 109 cm³/mol. The third-order valence-corrected chi connectivity index (χ3v) is 5.02. The van der Waals surface area contributed by atoms with Crippen LogP contribution in [-0.2, 0) is 19.1 Å². The van der Waals surface area contributed by atoms with Gasteiger partial charge in [-0.2, -0.15) is 5.11 Å². The number of fused-ring (bicyclic) bond motifs is 1. The second-order valence-corrected chi connectivity index (χ2v) is 7.12. The van der Waals surface area contributed by atoms with Crippen LogP contribution < -0.4 is 10.2 Å². The largest absolute Gasteiger partial charge is 0.462 e. The number of nitrogens with one attached hydrogen (secondary N) is 1. The van der Waals surface area contributed by atoms with Crippen LogP contribution >= 0.6 is 0 Å². The van der Waals surface area contributed by atoms with Crippen LogP contribution in [0.1, 0.15) is 17.3 Å². The predicted octanol–water partition coefficient (Wildman–Crippen LogP) is 2.07. The van der Waals surface area contributed by atoms with Crippen molar-refractivity contribution in [2.24, 2.45) is 10.3 Å². The first-order chi connectivity index (χ1) is 15.8. The van der Waals surface area contributed by atoms with Gasteiger partial charge in [0.15, 0.2) is 23.7 Å². The molecule has 2 aromatic rings. The van der Waals surface area contributed by atoms with Crippen LogP contribution in [0.15, 0.2) is 52.8 Å². The zero-order valence-corrected chi connectivity index (χ0v) is 17.2. The van der Waals surface area contributed by atoms with Gasteiger partial charge in [-0.15, -0.1) is 0 Å². The monoisotopic (exact) mass is 457 g/mol. The molecular weight excluding hydrogens is 440 g/mol. The van der Waals surface area contributed by atoms with Gasteiger partial charge in [0.1, 0.15) is 6.54 Å². The molecule has 1 N–H and O–H groups in total. The molecule has 0 aliphatic carbocycles. The smallest absolute Gasteiger partial charge is 0.340 e. The van der Waals surface area contributed by atoms with E-state index in [1.807, 2.05) is 0 Å². The minimum Gasteiger partial charge on any atom is -0.462 e. The Balaban J connectivity index is 1.49. The number of carbonyl (C=O) groups excluding carboxylic acids is 4. The summed E-state index contributed by atoms with van der Waals surface area (Å²) in [5, 5.41) is 11.1. The van der Waals surface area contributed by atoms with Gasteiger partial charge in [-0.05, 0) is 31.2 Å². The standard InChI is InChI=1S/C21H17F2N5O5/c1-2-33-21(32)12-5-3-4-6-15(12)24-16(29)10-27-18-17(25-26-27)19(30)28(20(18)31)11-7-8-13(22)14(23)9-11/h3-9,17-18H,2,10H2,1H3,(H,24,29)/t17-,18+/m1/s1. The van der Waals surface area contributed by atoms with Crippen molar-refractivity contribution in [3.05, 3.63) is 59.7 Å². The van der Waals surface area contributed by atoms with Gasteiger partial charge in [-0.3, -0.25) is 19.4 Å². The number of carbonyl (C=O) groups is 4. The Morgan fingerprint density at radius 2 is 1.85 bits per heavy atom. The Hall–Kier alpha value is -4.22. The van der Waals surface area contributed by atoms with Gasteiger partial charge in [0.25, 0.3) is 11.8 Å². The third-order valence-electron chi connectivity index (χ3n) is 5.02. The van der Waals surface area contributed by atoms with E-state index < -0.39 is 54.0 Å². The van der Waals surface area contributed by atoms with Crippen molar-refractivity contribution >= 4 is 35.1 Å². The first-order valence-electron chi connectivity index (χ1n) is 9.88. The summed E-state index contributed by atoms with van der Waals surface area (Å²) in [6, 6.07) is 6.41. The van der Waals surface area contributed by atoms with Crippen LogP contribution in [-0.4, -0.2) is 53.9 Å². The van der Waals surface area contributed by atoms with Crippen molar-refractivity contribution in [3.63, 3.8) is 0 Å². The van der Waals surface area contributed by atoms with Gasteiger partial charge in [0, 0.05) is 6.07 Å². The fourth-order valence-corrected chi connectivity index (χ4v) is 3.55. The lowest BCUT2D eigenvalue weighted by molar-refractivity contribution is -0.123. The molecule has 0 bridgehead atoms. The van der Waals surface area contributed by atoms with Gasteiger partial charge in [-0.1, -0.05) is 17.4 Å². The summed E-state index contributed by atoms with van der Waals surface area (Å²) in [7, 11) is 0. The van der Waals surface area contributed by atoms with E-state index in [1.54, 1.807) is 19.1 Å². The maximum absolute atomic E-state index is 13.6. The fraction of sp³-hybridized carbons (Fsp3) is 0.238. The number of benzene rings is 2. The highest BCUT2D eigenvalue weighted by Gasteiger charge is 2.55.